The number of piperidine rings is 1. The number of halogens is 1. The van der Waals surface area contributed by atoms with Crippen LogP contribution in [-0.4, -0.2) is 48.9 Å². The summed E-state index contributed by atoms with van der Waals surface area (Å²) in [7, 11) is 0. The number of carbonyl (C=O) groups excluding carboxylic acids is 2. The maximum atomic E-state index is 12.8. The van der Waals surface area contributed by atoms with Gasteiger partial charge in [-0.3, -0.25) is 9.59 Å². The van der Waals surface area contributed by atoms with Gasteiger partial charge in [-0.1, -0.05) is 28.8 Å². The van der Waals surface area contributed by atoms with Gasteiger partial charge in [-0.25, -0.2) is 0 Å². The van der Waals surface area contributed by atoms with E-state index in [-0.39, 0.29) is 23.8 Å². The van der Waals surface area contributed by atoms with E-state index in [0.29, 0.717) is 13.0 Å². The van der Waals surface area contributed by atoms with Crippen LogP contribution in [0.25, 0.3) is 0 Å². The third-order valence-corrected chi connectivity index (χ3v) is 7.76. The molecule has 6 heteroatoms. The summed E-state index contributed by atoms with van der Waals surface area (Å²) >= 11 is 3.50. The van der Waals surface area contributed by atoms with E-state index >= 15 is 0 Å². The summed E-state index contributed by atoms with van der Waals surface area (Å²) in [6.45, 7) is 5.88. The molecule has 1 atom stereocenters. The molecule has 1 aromatic rings. The van der Waals surface area contributed by atoms with E-state index in [1.165, 1.54) is 32.2 Å². The minimum atomic E-state index is -0.247. The van der Waals surface area contributed by atoms with Gasteiger partial charge in [0.15, 0.2) is 0 Å². The highest BCUT2D eigenvalue weighted by atomic mass is 79.9. The molecule has 2 heterocycles. The summed E-state index contributed by atoms with van der Waals surface area (Å²) in [5.41, 5.74) is 1.97. The smallest absolute Gasteiger partial charge is 0.227 e. The zero-order chi connectivity index (χ0) is 20.4. The Kier molecular flexibility index (Phi) is 6.60. The molecule has 2 amide bonds. The summed E-state index contributed by atoms with van der Waals surface area (Å²) in [6, 6.07) is 6.16. The minimum absolute atomic E-state index is 0.0401. The molecular formula is C23H32BrN3O2. The number of rotatable bonds is 5. The first-order valence-electron chi connectivity index (χ1n) is 11.1. The first-order valence-corrected chi connectivity index (χ1v) is 11.9. The molecule has 0 spiro atoms. The molecular weight excluding hydrogens is 430 g/mol. The van der Waals surface area contributed by atoms with Gasteiger partial charge in [-0.2, -0.15) is 0 Å². The van der Waals surface area contributed by atoms with Crippen LogP contribution in [0.4, 0.5) is 5.69 Å². The largest absolute Gasteiger partial charge is 0.353 e. The number of hydrogen-bond donors (Lipinski definition) is 1. The second kappa shape index (κ2) is 9.17. The molecule has 0 aromatic heterocycles. The fraction of sp³-hybridized carbons (Fsp3) is 0.652. The van der Waals surface area contributed by atoms with Gasteiger partial charge in [-0.15, -0.1) is 0 Å². The average Bonchev–Trinajstić information content (AvgIpc) is 3.35. The number of amides is 2. The van der Waals surface area contributed by atoms with E-state index in [9.17, 15) is 9.59 Å². The first-order chi connectivity index (χ1) is 14.0. The highest BCUT2D eigenvalue weighted by Crippen LogP contribution is 2.29. The molecule has 2 aliphatic heterocycles. The quantitative estimate of drug-likeness (QED) is 0.723. The highest BCUT2D eigenvalue weighted by Gasteiger charge is 2.36. The van der Waals surface area contributed by atoms with Crippen LogP contribution in [-0.2, 0) is 9.59 Å². The van der Waals surface area contributed by atoms with Gasteiger partial charge in [0, 0.05) is 48.8 Å². The number of hydrogen-bond acceptors (Lipinski definition) is 3. The summed E-state index contributed by atoms with van der Waals surface area (Å²) < 4.78 is 1.03. The van der Waals surface area contributed by atoms with Crippen LogP contribution in [0.5, 0.6) is 0 Å². The van der Waals surface area contributed by atoms with Crippen LogP contribution in [0.2, 0.25) is 0 Å². The molecule has 3 fully saturated rings. The van der Waals surface area contributed by atoms with Crippen molar-refractivity contribution in [3.05, 3.63) is 28.2 Å². The van der Waals surface area contributed by atoms with Crippen LogP contribution in [0, 0.1) is 18.8 Å². The van der Waals surface area contributed by atoms with Crippen LogP contribution in [0.1, 0.15) is 50.5 Å². The lowest BCUT2D eigenvalue weighted by atomic mass is 10.0. The Morgan fingerprint density at radius 3 is 2.59 bits per heavy atom. The molecule has 3 aliphatic rings. The molecule has 4 rings (SSSR count). The molecule has 1 aliphatic carbocycles. The van der Waals surface area contributed by atoms with Crippen LogP contribution in [0.3, 0.4) is 0 Å². The molecule has 158 valence electrons. The SMILES string of the molecule is Cc1cc(N2CC(C(=O)NC3CCN(CC4CCCC4)CC3)CC2=O)ccc1Br. The van der Waals surface area contributed by atoms with E-state index in [2.05, 4.69) is 26.1 Å². The first kappa shape index (κ1) is 20.9. The van der Waals surface area contributed by atoms with Gasteiger partial charge in [0.2, 0.25) is 11.8 Å². The van der Waals surface area contributed by atoms with Crippen molar-refractivity contribution in [2.75, 3.05) is 31.1 Å². The van der Waals surface area contributed by atoms with Gasteiger partial charge >= 0.3 is 0 Å². The van der Waals surface area contributed by atoms with Crippen molar-refractivity contribution < 1.29 is 9.59 Å². The summed E-state index contributed by atoms with van der Waals surface area (Å²) in [5, 5.41) is 3.24. The number of nitrogens with one attached hydrogen (secondary N) is 1. The van der Waals surface area contributed by atoms with E-state index in [4.69, 9.17) is 0 Å². The summed E-state index contributed by atoms with van der Waals surface area (Å²) in [6.07, 6.45) is 7.93. The van der Waals surface area contributed by atoms with E-state index in [0.717, 1.165) is 47.6 Å². The Morgan fingerprint density at radius 1 is 1.17 bits per heavy atom. The molecule has 0 radical (unpaired) electrons. The molecule has 1 N–H and O–H groups in total. The van der Waals surface area contributed by atoms with Crippen molar-refractivity contribution in [3.8, 4) is 0 Å². The predicted molar refractivity (Wildman–Crippen MR) is 119 cm³/mol. The molecule has 1 saturated carbocycles. The van der Waals surface area contributed by atoms with Gasteiger partial charge in [0.25, 0.3) is 0 Å². The summed E-state index contributed by atoms with van der Waals surface area (Å²) in [4.78, 5) is 29.7. The predicted octanol–water partition coefficient (Wildman–Crippen LogP) is 3.88. The Morgan fingerprint density at radius 2 is 1.90 bits per heavy atom. The minimum Gasteiger partial charge on any atom is -0.353 e. The van der Waals surface area contributed by atoms with Crippen LogP contribution < -0.4 is 10.2 Å². The van der Waals surface area contributed by atoms with Crippen molar-refractivity contribution in [3.63, 3.8) is 0 Å². The van der Waals surface area contributed by atoms with Gasteiger partial charge in [0.05, 0.1) is 5.92 Å². The zero-order valence-corrected chi connectivity index (χ0v) is 18.9. The lowest BCUT2D eigenvalue weighted by molar-refractivity contribution is -0.127. The van der Waals surface area contributed by atoms with Crippen molar-refractivity contribution in [1.29, 1.82) is 0 Å². The lowest BCUT2D eigenvalue weighted by Gasteiger charge is -2.34. The maximum Gasteiger partial charge on any atom is 0.227 e. The average molecular weight is 462 g/mol. The second-order valence-electron chi connectivity index (χ2n) is 9.07. The van der Waals surface area contributed by atoms with Crippen LogP contribution in [0.15, 0.2) is 22.7 Å². The molecule has 2 saturated heterocycles. The Bertz CT molecular complexity index is 754. The van der Waals surface area contributed by atoms with Crippen molar-refractivity contribution in [2.24, 2.45) is 11.8 Å². The van der Waals surface area contributed by atoms with Crippen molar-refractivity contribution in [1.82, 2.24) is 10.2 Å². The number of carbonyl (C=O) groups is 2. The molecule has 0 bridgehead atoms. The monoisotopic (exact) mass is 461 g/mol. The van der Waals surface area contributed by atoms with Gasteiger partial charge < -0.3 is 15.1 Å². The molecule has 5 nitrogen and oxygen atoms in total. The Balaban J connectivity index is 1.26. The third kappa shape index (κ3) is 5.02. The summed E-state index contributed by atoms with van der Waals surface area (Å²) in [5.74, 6) is 0.726. The normalized spacial score (nSPS) is 24.4. The fourth-order valence-electron chi connectivity index (χ4n) is 5.07. The zero-order valence-electron chi connectivity index (χ0n) is 17.3. The second-order valence-corrected chi connectivity index (χ2v) is 9.93. The van der Waals surface area contributed by atoms with E-state index in [1.807, 2.05) is 25.1 Å². The Labute approximate surface area is 182 Å². The number of nitrogens with zero attached hydrogens (tertiary/aromatic N) is 2. The van der Waals surface area contributed by atoms with E-state index in [1.54, 1.807) is 4.90 Å². The van der Waals surface area contributed by atoms with Crippen molar-refractivity contribution in [2.45, 2.75) is 57.9 Å². The third-order valence-electron chi connectivity index (χ3n) is 6.87. The molecule has 29 heavy (non-hydrogen) atoms. The standard InChI is InChI=1S/C23H32BrN3O2/c1-16-12-20(6-7-21(16)24)27-15-18(13-22(27)28)23(29)25-19-8-10-26(11-9-19)14-17-4-2-3-5-17/h6-7,12,17-19H,2-5,8-11,13-15H2,1H3,(H,25,29). The molecule has 1 unspecified atom stereocenters. The highest BCUT2D eigenvalue weighted by molar-refractivity contribution is 9.10. The molecule has 1 aromatic carbocycles. The number of aryl methyl sites for hydroxylation is 1. The van der Waals surface area contributed by atoms with E-state index < -0.39 is 0 Å². The number of likely N-dealkylation sites (tertiary alicyclic amines) is 1. The van der Waals surface area contributed by atoms with Gasteiger partial charge in [-0.05, 0) is 62.3 Å². The fourth-order valence-corrected chi connectivity index (χ4v) is 5.31. The van der Waals surface area contributed by atoms with Crippen molar-refractivity contribution >= 4 is 33.4 Å². The van der Waals surface area contributed by atoms with Crippen LogP contribution >= 0.6 is 15.9 Å². The lowest BCUT2D eigenvalue weighted by Crippen LogP contribution is -2.47. The number of anilines is 1. The van der Waals surface area contributed by atoms with Gasteiger partial charge in [0.1, 0.15) is 0 Å². The Hall–Kier alpha value is -1.40. The number of benzene rings is 1. The topological polar surface area (TPSA) is 52.7 Å². The maximum absolute atomic E-state index is 12.8.